The minimum atomic E-state index is -0.902. The van der Waals surface area contributed by atoms with Gasteiger partial charge in [0.1, 0.15) is 0 Å². The summed E-state index contributed by atoms with van der Waals surface area (Å²) in [5, 5.41) is 0. The summed E-state index contributed by atoms with van der Waals surface area (Å²) in [6.45, 7) is 2.74. The predicted octanol–water partition coefficient (Wildman–Crippen LogP) is 2.33. The Balaban J connectivity index is 0.00000242. The molecule has 1 amide bonds. The average Bonchev–Trinajstić information content (AvgIpc) is 2.46. The Morgan fingerprint density at radius 1 is 1.45 bits per heavy atom. The lowest BCUT2D eigenvalue weighted by atomic mass is 9.96. The summed E-state index contributed by atoms with van der Waals surface area (Å²) in [4.78, 5) is 14.7. The number of benzene rings is 1. The molecule has 3 atom stereocenters. The van der Waals surface area contributed by atoms with Crippen LogP contribution in [-0.4, -0.2) is 39.9 Å². The summed E-state index contributed by atoms with van der Waals surface area (Å²) in [5.41, 5.74) is 7.65. The van der Waals surface area contributed by atoms with E-state index >= 15 is 0 Å². The van der Waals surface area contributed by atoms with Gasteiger partial charge in [-0.05, 0) is 43.9 Å². The van der Waals surface area contributed by atoms with Crippen molar-refractivity contribution >= 4 is 29.1 Å². The molecule has 2 N–H and O–H groups in total. The molecule has 1 fully saturated rings. The minimum absolute atomic E-state index is 0. The Morgan fingerprint density at radius 2 is 2.18 bits per heavy atom. The predicted molar refractivity (Wildman–Crippen MR) is 93.8 cm³/mol. The molecule has 1 aromatic carbocycles. The molecule has 1 heterocycles. The molecule has 22 heavy (non-hydrogen) atoms. The van der Waals surface area contributed by atoms with E-state index in [0.29, 0.717) is 11.3 Å². The normalized spacial score (nSPS) is 20.9. The number of halogens is 1. The van der Waals surface area contributed by atoms with Crippen LogP contribution < -0.4 is 5.73 Å². The van der Waals surface area contributed by atoms with Gasteiger partial charge in [0.25, 0.3) is 5.91 Å². The van der Waals surface area contributed by atoms with E-state index in [1.165, 1.54) is 0 Å². The maximum atomic E-state index is 12.7. The lowest BCUT2D eigenvalue weighted by Crippen LogP contribution is -2.51. The van der Waals surface area contributed by atoms with Crippen molar-refractivity contribution in [1.29, 1.82) is 0 Å². The molecular weight excluding hydrogens is 320 g/mol. The zero-order chi connectivity index (χ0) is 15.4. The van der Waals surface area contributed by atoms with Crippen LogP contribution in [0, 0.1) is 0 Å². The van der Waals surface area contributed by atoms with Crippen LogP contribution in [-0.2, 0) is 16.6 Å². The Hall–Kier alpha value is -0.910. The molecule has 1 aromatic rings. The van der Waals surface area contributed by atoms with Crippen molar-refractivity contribution < 1.29 is 9.00 Å². The van der Waals surface area contributed by atoms with Crippen molar-refractivity contribution in [2.45, 2.75) is 44.0 Å². The van der Waals surface area contributed by atoms with E-state index in [1.807, 2.05) is 36.1 Å². The molecule has 0 saturated carbocycles. The molecule has 1 aliphatic heterocycles. The number of amides is 1. The van der Waals surface area contributed by atoms with Gasteiger partial charge in [-0.2, -0.15) is 0 Å². The quantitative estimate of drug-likeness (QED) is 0.911. The van der Waals surface area contributed by atoms with Gasteiger partial charge >= 0.3 is 0 Å². The molecule has 0 spiro atoms. The van der Waals surface area contributed by atoms with Crippen molar-refractivity contribution in [3.05, 3.63) is 35.4 Å². The number of nitrogens with two attached hydrogens (primary N) is 1. The lowest BCUT2D eigenvalue weighted by molar-refractivity contribution is 0.0583. The number of likely N-dealkylation sites (tertiary alicyclic amines) is 1. The molecule has 0 aliphatic carbocycles. The second kappa shape index (κ2) is 8.65. The van der Waals surface area contributed by atoms with E-state index in [1.54, 1.807) is 6.26 Å². The molecule has 6 heteroatoms. The smallest absolute Gasteiger partial charge is 0.254 e. The van der Waals surface area contributed by atoms with E-state index in [-0.39, 0.29) is 30.4 Å². The highest BCUT2D eigenvalue weighted by Crippen LogP contribution is 2.22. The van der Waals surface area contributed by atoms with Crippen molar-refractivity contribution in [2.24, 2.45) is 5.73 Å². The van der Waals surface area contributed by atoms with E-state index < -0.39 is 10.8 Å². The molecule has 0 bridgehead atoms. The van der Waals surface area contributed by atoms with Gasteiger partial charge in [-0.3, -0.25) is 9.00 Å². The van der Waals surface area contributed by atoms with Crippen LogP contribution in [0.15, 0.2) is 24.3 Å². The number of carbonyl (C=O) groups excluding carboxylic acids is 1. The summed E-state index contributed by atoms with van der Waals surface area (Å²) in [5.74, 6) is 0.526. The van der Waals surface area contributed by atoms with Gasteiger partial charge in [-0.25, -0.2) is 0 Å². The SMILES string of the molecule is CC(N)C1CCCCN1C(=O)c1cccc(CS(C)=O)c1.Cl. The fraction of sp³-hybridized carbons (Fsp3) is 0.562. The summed E-state index contributed by atoms with van der Waals surface area (Å²) < 4.78 is 11.3. The van der Waals surface area contributed by atoms with Gasteiger partial charge in [-0.1, -0.05) is 12.1 Å². The van der Waals surface area contributed by atoms with Crippen LogP contribution in [0.1, 0.15) is 42.1 Å². The van der Waals surface area contributed by atoms with Gasteiger partial charge in [0, 0.05) is 47.0 Å². The number of hydrogen-bond acceptors (Lipinski definition) is 3. The van der Waals surface area contributed by atoms with E-state index in [0.717, 1.165) is 31.4 Å². The summed E-state index contributed by atoms with van der Waals surface area (Å²) in [6.07, 6.45) is 4.81. The highest BCUT2D eigenvalue weighted by Gasteiger charge is 2.29. The number of carbonyl (C=O) groups is 1. The van der Waals surface area contributed by atoms with Crippen LogP contribution in [0.2, 0.25) is 0 Å². The van der Waals surface area contributed by atoms with Crippen molar-refractivity contribution in [3.63, 3.8) is 0 Å². The maximum Gasteiger partial charge on any atom is 0.254 e. The van der Waals surface area contributed by atoms with Gasteiger partial charge < -0.3 is 10.6 Å². The molecule has 1 aliphatic rings. The number of rotatable bonds is 4. The largest absolute Gasteiger partial charge is 0.334 e. The Labute approximate surface area is 141 Å². The van der Waals surface area contributed by atoms with Crippen molar-refractivity contribution in [3.8, 4) is 0 Å². The van der Waals surface area contributed by atoms with Crippen LogP contribution in [0.25, 0.3) is 0 Å². The second-order valence-corrected chi connectivity index (χ2v) is 7.27. The topological polar surface area (TPSA) is 63.4 Å². The first-order chi connectivity index (χ1) is 9.99. The van der Waals surface area contributed by atoms with Crippen LogP contribution >= 0.6 is 12.4 Å². The monoisotopic (exact) mass is 344 g/mol. The van der Waals surface area contributed by atoms with Gasteiger partial charge in [0.2, 0.25) is 0 Å². The Morgan fingerprint density at radius 3 is 2.82 bits per heavy atom. The van der Waals surface area contributed by atoms with E-state index in [9.17, 15) is 9.00 Å². The lowest BCUT2D eigenvalue weighted by Gasteiger charge is -2.38. The van der Waals surface area contributed by atoms with Crippen LogP contribution in [0.3, 0.4) is 0 Å². The van der Waals surface area contributed by atoms with Crippen LogP contribution in [0.4, 0.5) is 0 Å². The van der Waals surface area contributed by atoms with Crippen LogP contribution in [0.5, 0.6) is 0 Å². The van der Waals surface area contributed by atoms with Gasteiger partial charge in [0.05, 0.1) is 0 Å². The first-order valence-electron chi connectivity index (χ1n) is 7.44. The highest BCUT2D eigenvalue weighted by molar-refractivity contribution is 7.83. The van der Waals surface area contributed by atoms with Gasteiger partial charge in [-0.15, -0.1) is 12.4 Å². The van der Waals surface area contributed by atoms with Crippen molar-refractivity contribution in [2.75, 3.05) is 12.8 Å². The molecule has 4 nitrogen and oxygen atoms in total. The third-order valence-corrected chi connectivity index (χ3v) is 4.70. The summed E-state index contributed by atoms with van der Waals surface area (Å²) >= 11 is 0. The molecule has 2 rings (SSSR count). The maximum absolute atomic E-state index is 12.7. The molecule has 0 radical (unpaired) electrons. The fourth-order valence-electron chi connectivity index (χ4n) is 2.95. The van der Waals surface area contributed by atoms with E-state index in [2.05, 4.69) is 0 Å². The minimum Gasteiger partial charge on any atom is -0.334 e. The summed E-state index contributed by atoms with van der Waals surface area (Å²) in [6, 6.07) is 7.57. The Bertz CT molecular complexity index is 537. The standard InChI is InChI=1S/C16H24N2O2S.ClH/c1-12(17)15-8-3-4-9-18(15)16(19)14-7-5-6-13(10-14)11-21(2)20;/h5-7,10,12,15H,3-4,8-9,11,17H2,1-2H3;1H. The number of nitrogens with zero attached hydrogens (tertiary/aromatic N) is 1. The molecule has 0 aromatic heterocycles. The highest BCUT2D eigenvalue weighted by atomic mass is 35.5. The average molecular weight is 345 g/mol. The number of piperidine rings is 1. The third-order valence-electron chi connectivity index (χ3n) is 3.96. The molecule has 124 valence electrons. The molecular formula is C16H25ClN2O2S. The summed E-state index contributed by atoms with van der Waals surface area (Å²) in [7, 11) is -0.902. The first-order valence-corrected chi connectivity index (χ1v) is 9.17. The zero-order valence-electron chi connectivity index (χ0n) is 13.2. The second-order valence-electron chi connectivity index (χ2n) is 5.84. The first kappa shape index (κ1) is 19.1. The van der Waals surface area contributed by atoms with Gasteiger partial charge in [0.15, 0.2) is 0 Å². The number of hydrogen-bond donors (Lipinski definition) is 1. The fourth-order valence-corrected chi connectivity index (χ4v) is 3.60. The zero-order valence-corrected chi connectivity index (χ0v) is 14.8. The molecule has 3 unspecified atom stereocenters. The Kier molecular flexibility index (Phi) is 7.53. The van der Waals surface area contributed by atoms with Crippen molar-refractivity contribution in [1.82, 2.24) is 4.90 Å². The molecule has 1 saturated heterocycles. The third kappa shape index (κ3) is 4.80. The van der Waals surface area contributed by atoms with E-state index in [4.69, 9.17) is 5.73 Å².